The molecule has 3 aromatic carbocycles. The molecule has 0 saturated carbocycles. The molecule has 0 fully saturated rings. The molecule has 0 atom stereocenters. The predicted molar refractivity (Wildman–Crippen MR) is 129 cm³/mol. The Morgan fingerprint density at radius 3 is 2.50 bits per heavy atom. The number of rotatable bonds is 8. The summed E-state index contributed by atoms with van der Waals surface area (Å²) >= 11 is 3.37. The van der Waals surface area contributed by atoms with Gasteiger partial charge in [-0.15, -0.1) is 0 Å². The monoisotopic (exact) mass is 515 g/mol. The van der Waals surface area contributed by atoms with Crippen LogP contribution in [0.5, 0.6) is 5.75 Å². The van der Waals surface area contributed by atoms with E-state index in [1.165, 1.54) is 25.5 Å². The fraction of sp³-hybridized carbons (Fsp3) is 0.130. The average Bonchev–Trinajstić information content (AvgIpc) is 2.78. The number of halogens is 1. The van der Waals surface area contributed by atoms with Crippen molar-refractivity contribution in [2.45, 2.75) is 11.8 Å². The zero-order valence-electron chi connectivity index (χ0n) is 17.5. The van der Waals surface area contributed by atoms with E-state index in [1.54, 1.807) is 36.4 Å². The topological polar surface area (TPSA) is 88.1 Å². The van der Waals surface area contributed by atoms with Crippen molar-refractivity contribution in [1.29, 1.82) is 0 Å². The van der Waals surface area contributed by atoms with Crippen LogP contribution in [-0.2, 0) is 14.8 Å². The summed E-state index contributed by atoms with van der Waals surface area (Å²) in [5.74, 6) is -0.116. The van der Waals surface area contributed by atoms with Gasteiger partial charge in [0.1, 0.15) is 12.3 Å². The summed E-state index contributed by atoms with van der Waals surface area (Å²) in [5, 5.41) is 3.94. The van der Waals surface area contributed by atoms with Gasteiger partial charge in [0.15, 0.2) is 0 Å². The van der Waals surface area contributed by atoms with Crippen molar-refractivity contribution in [2.24, 2.45) is 5.10 Å². The lowest BCUT2D eigenvalue weighted by atomic mass is 10.2. The third kappa shape index (κ3) is 5.95. The number of carbonyl (C=O) groups is 1. The number of amides is 1. The quantitative estimate of drug-likeness (QED) is 0.361. The van der Waals surface area contributed by atoms with Gasteiger partial charge in [-0.2, -0.15) is 5.10 Å². The average molecular weight is 516 g/mol. The van der Waals surface area contributed by atoms with Crippen molar-refractivity contribution in [3.63, 3.8) is 0 Å². The fourth-order valence-corrected chi connectivity index (χ4v) is 4.68. The maximum absolute atomic E-state index is 13.4. The first-order valence-corrected chi connectivity index (χ1v) is 11.8. The number of sulfonamides is 1. The van der Waals surface area contributed by atoms with Gasteiger partial charge in [0, 0.05) is 10.5 Å². The Bertz CT molecular complexity index is 1230. The van der Waals surface area contributed by atoms with Crippen molar-refractivity contribution in [3.05, 3.63) is 88.4 Å². The van der Waals surface area contributed by atoms with Crippen LogP contribution in [0, 0.1) is 6.92 Å². The normalized spacial score (nSPS) is 11.3. The van der Waals surface area contributed by atoms with Gasteiger partial charge in [-0.1, -0.05) is 51.8 Å². The second-order valence-electron chi connectivity index (χ2n) is 6.87. The van der Waals surface area contributed by atoms with Gasteiger partial charge in [-0.3, -0.25) is 9.10 Å². The summed E-state index contributed by atoms with van der Waals surface area (Å²) < 4.78 is 33.9. The Kier molecular flexibility index (Phi) is 7.66. The Morgan fingerprint density at radius 1 is 1.09 bits per heavy atom. The zero-order chi connectivity index (χ0) is 23.1. The number of hydrogen-bond acceptors (Lipinski definition) is 5. The van der Waals surface area contributed by atoms with Crippen molar-refractivity contribution in [3.8, 4) is 5.75 Å². The van der Waals surface area contributed by atoms with Crippen molar-refractivity contribution < 1.29 is 17.9 Å². The first-order chi connectivity index (χ1) is 15.3. The van der Waals surface area contributed by atoms with E-state index in [0.717, 1.165) is 19.9 Å². The Balaban J connectivity index is 1.86. The number of hydrazone groups is 1. The van der Waals surface area contributed by atoms with Gasteiger partial charge in [-0.25, -0.2) is 13.8 Å². The summed E-state index contributed by atoms with van der Waals surface area (Å²) in [6, 6.07) is 20.3. The van der Waals surface area contributed by atoms with Crippen LogP contribution in [0.3, 0.4) is 0 Å². The fourth-order valence-electron chi connectivity index (χ4n) is 2.85. The molecule has 0 aliphatic rings. The number of anilines is 1. The lowest BCUT2D eigenvalue weighted by molar-refractivity contribution is -0.119. The maximum atomic E-state index is 13.4. The number of methoxy groups -OCH3 is 1. The largest absolute Gasteiger partial charge is 0.497 e. The standard InChI is InChI=1S/C23H22BrN3O4S/c1-17-9-11-22(12-10-17)32(29,30)27(20-7-4-8-21(14-20)31-2)16-23(28)26-25-15-18-5-3-6-19(24)13-18/h3-15H,16H2,1-2H3,(H,26,28)/b25-15-. The van der Waals surface area contributed by atoms with Gasteiger partial charge >= 0.3 is 0 Å². The summed E-state index contributed by atoms with van der Waals surface area (Å²) in [6.07, 6.45) is 1.48. The molecule has 0 spiro atoms. The molecule has 1 amide bonds. The van der Waals surface area contributed by atoms with Crippen molar-refractivity contribution in [1.82, 2.24) is 5.43 Å². The number of hydrogen-bond donors (Lipinski definition) is 1. The molecule has 7 nitrogen and oxygen atoms in total. The molecule has 166 valence electrons. The molecule has 3 aromatic rings. The van der Waals surface area contributed by atoms with E-state index < -0.39 is 22.5 Å². The molecule has 0 bridgehead atoms. The summed E-state index contributed by atoms with van der Waals surface area (Å²) in [4.78, 5) is 12.7. The first kappa shape index (κ1) is 23.5. The zero-order valence-corrected chi connectivity index (χ0v) is 19.9. The number of carbonyl (C=O) groups excluding carboxylic acids is 1. The van der Waals surface area contributed by atoms with Crippen LogP contribution >= 0.6 is 15.9 Å². The van der Waals surface area contributed by atoms with E-state index in [2.05, 4.69) is 26.5 Å². The predicted octanol–water partition coefficient (Wildman–Crippen LogP) is 4.11. The van der Waals surface area contributed by atoms with Crippen molar-refractivity contribution >= 4 is 43.8 Å². The van der Waals surface area contributed by atoms with E-state index in [0.29, 0.717) is 11.4 Å². The van der Waals surface area contributed by atoms with Crippen LogP contribution in [0.25, 0.3) is 0 Å². The van der Waals surface area contributed by atoms with E-state index in [9.17, 15) is 13.2 Å². The molecular weight excluding hydrogens is 494 g/mol. The summed E-state index contributed by atoms with van der Waals surface area (Å²) in [5.41, 5.74) is 4.39. The third-order valence-corrected chi connectivity index (χ3v) is 6.77. The Hall–Kier alpha value is -3.17. The molecule has 9 heteroatoms. The van der Waals surface area contributed by atoms with Crippen molar-refractivity contribution in [2.75, 3.05) is 18.0 Å². The van der Waals surface area contributed by atoms with E-state index in [4.69, 9.17) is 4.74 Å². The highest BCUT2D eigenvalue weighted by Gasteiger charge is 2.27. The number of aryl methyl sites for hydroxylation is 1. The molecule has 0 radical (unpaired) electrons. The molecule has 0 aromatic heterocycles. The van der Waals surface area contributed by atoms with Gasteiger partial charge in [0.25, 0.3) is 15.9 Å². The maximum Gasteiger partial charge on any atom is 0.264 e. The van der Waals surface area contributed by atoms with Crippen LogP contribution in [0.1, 0.15) is 11.1 Å². The highest BCUT2D eigenvalue weighted by Crippen LogP contribution is 2.27. The highest BCUT2D eigenvalue weighted by atomic mass is 79.9. The van der Waals surface area contributed by atoms with E-state index in [1.807, 2.05) is 31.2 Å². The van der Waals surface area contributed by atoms with Crippen LogP contribution in [0.15, 0.2) is 87.3 Å². The molecule has 32 heavy (non-hydrogen) atoms. The van der Waals surface area contributed by atoms with Gasteiger partial charge < -0.3 is 4.74 Å². The highest BCUT2D eigenvalue weighted by molar-refractivity contribution is 9.10. The van der Waals surface area contributed by atoms with E-state index in [-0.39, 0.29) is 4.90 Å². The SMILES string of the molecule is COc1cccc(N(CC(=O)N/N=C\c2cccc(Br)c2)S(=O)(=O)c2ccc(C)cc2)c1. The second-order valence-corrected chi connectivity index (χ2v) is 9.65. The second kappa shape index (κ2) is 10.4. The number of nitrogens with zero attached hydrogens (tertiary/aromatic N) is 2. The van der Waals surface area contributed by atoms with E-state index >= 15 is 0 Å². The lowest BCUT2D eigenvalue weighted by Gasteiger charge is -2.24. The Morgan fingerprint density at radius 2 is 1.81 bits per heavy atom. The first-order valence-electron chi connectivity index (χ1n) is 9.60. The van der Waals surface area contributed by atoms with Gasteiger partial charge in [0.2, 0.25) is 0 Å². The molecular formula is C23H22BrN3O4S. The van der Waals surface area contributed by atoms with Gasteiger partial charge in [0.05, 0.1) is 23.9 Å². The minimum atomic E-state index is -4.01. The smallest absolute Gasteiger partial charge is 0.264 e. The number of ether oxygens (including phenoxy) is 1. The van der Waals surface area contributed by atoms with Gasteiger partial charge in [-0.05, 0) is 48.9 Å². The number of nitrogens with one attached hydrogen (secondary N) is 1. The third-order valence-electron chi connectivity index (χ3n) is 4.49. The van der Waals surface area contributed by atoms with Crippen LogP contribution < -0.4 is 14.5 Å². The molecule has 3 rings (SSSR count). The Labute approximate surface area is 195 Å². The molecule has 0 aliphatic carbocycles. The molecule has 0 unspecified atom stereocenters. The molecule has 0 saturated heterocycles. The minimum Gasteiger partial charge on any atom is -0.497 e. The molecule has 0 aliphatic heterocycles. The molecule has 1 N–H and O–H groups in total. The minimum absolute atomic E-state index is 0.0800. The summed E-state index contributed by atoms with van der Waals surface area (Å²) in [6.45, 7) is 1.41. The van der Waals surface area contributed by atoms with Crippen LogP contribution in [0.4, 0.5) is 5.69 Å². The number of benzene rings is 3. The molecule has 0 heterocycles. The lowest BCUT2D eigenvalue weighted by Crippen LogP contribution is -2.39. The summed E-state index contributed by atoms with van der Waals surface area (Å²) in [7, 11) is -2.53. The van der Waals surface area contributed by atoms with Crippen LogP contribution in [-0.4, -0.2) is 34.2 Å². The van der Waals surface area contributed by atoms with Crippen LogP contribution in [0.2, 0.25) is 0 Å².